The van der Waals surface area contributed by atoms with Crippen molar-refractivity contribution in [2.75, 3.05) is 0 Å². The molecule has 2 aromatic heterocycles. The molecule has 11 aromatic carbocycles. The van der Waals surface area contributed by atoms with Gasteiger partial charge in [0.05, 0.1) is 22.1 Å². The van der Waals surface area contributed by atoms with Crippen LogP contribution in [0.5, 0.6) is 0 Å². The smallest absolute Gasteiger partial charge is 0.0541 e. The number of unbranched alkanes of at least 4 members (excludes halogenated alkanes) is 12. The van der Waals surface area contributed by atoms with Gasteiger partial charge in [-0.15, -0.1) is 0 Å². The Hall–Kier alpha value is -9.34. The van der Waals surface area contributed by atoms with Crippen LogP contribution in [0.4, 0.5) is 0 Å². The Labute approximate surface area is 558 Å². The summed E-state index contributed by atoms with van der Waals surface area (Å²) < 4.78 is 5.03. The molecule has 0 fully saturated rings. The second-order valence-corrected chi connectivity index (χ2v) is 27.5. The highest BCUT2D eigenvalue weighted by Crippen LogP contribution is 2.57. The Balaban J connectivity index is 0.822. The van der Waals surface area contributed by atoms with Crippen LogP contribution in [0.25, 0.3) is 98.8 Å². The Morgan fingerprint density at radius 3 is 0.819 bits per heavy atom. The van der Waals surface area contributed by atoms with Gasteiger partial charge in [-0.1, -0.05) is 300 Å². The van der Waals surface area contributed by atoms with Gasteiger partial charge in [0.2, 0.25) is 0 Å². The summed E-state index contributed by atoms with van der Waals surface area (Å²) >= 11 is 0. The lowest BCUT2D eigenvalue weighted by atomic mass is 9.70. The van der Waals surface area contributed by atoms with Gasteiger partial charge in [0.1, 0.15) is 0 Å². The third-order valence-corrected chi connectivity index (χ3v) is 21.8. The number of hydrogen-bond donors (Lipinski definition) is 0. The lowest BCUT2D eigenvalue weighted by molar-refractivity contribution is 0.401. The van der Waals surface area contributed by atoms with Gasteiger partial charge >= 0.3 is 0 Å². The van der Waals surface area contributed by atoms with E-state index in [0.29, 0.717) is 0 Å². The van der Waals surface area contributed by atoms with Gasteiger partial charge in [-0.2, -0.15) is 0 Å². The average molecular weight is 1220 g/mol. The van der Waals surface area contributed by atoms with E-state index >= 15 is 0 Å². The molecule has 94 heavy (non-hydrogen) atoms. The second-order valence-electron chi connectivity index (χ2n) is 27.5. The fraction of sp³-hybridized carbons (Fsp3) is 0.283. The molecular formula is C92H88N2. The summed E-state index contributed by atoms with van der Waals surface area (Å²) in [5, 5.41) is 9.78. The van der Waals surface area contributed by atoms with Gasteiger partial charge in [0, 0.05) is 66.0 Å². The van der Waals surface area contributed by atoms with Gasteiger partial charge in [-0.3, -0.25) is 0 Å². The number of aromatic nitrogens is 2. The van der Waals surface area contributed by atoms with E-state index in [0.717, 1.165) is 69.5 Å². The van der Waals surface area contributed by atoms with Gasteiger partial charge in [0.25, 0.3) is 0 Å². The second kappa shape index (κ2) is 26.6. The number of benzene rings is 11. The molecule has 2 heteroatoms. The standard InChI is InChI=1S/C92H88N2/c1-5-9-13-29-57-91(58-30-14-10-6-2)83-61-65(47-53-75(83)77-55-49-67(63-85(77)91)93-87-41-25-21-37-79(87)80-38-22-26-42-88(80)93)45-51-73-69-33-17-19-35-71(69)74(72-36-20-18-34-70(72)73)52-46-66-48-54-76-78-56-50-68(94-89-43-27-23-39-81(89)82-40-24-28-44-90(82)94)64-86(78)92(84(76)62-66,59-31-15-11-7-3)60-32-16-12-8-4/h17-28,33-44,47-50,53-56,61-64H,5-16,29-32,57-60H2,1-4H3. The zero-order chi connectivity index (χ0) is 63.6. The Kier molecular flexibility index (Phi) is 17.2. The Morgan fingerprint density at radius 2 is 0.521 bits per heavy atom. The average Bonchev–Trinajstić information content (AvgIpc) is 1.54. The highest BCUT2D eigenvalue weighted by atomic mass is 15.0. The summed E-state index contributed by atoms with van der Waals surface area (Å²) in [5.41, 5.74) is 23.0. The van der Waals surface area contributed by atoms with E-state index in [1.807, 2.05) is 0 Å². The van der Waals surface area contributed by atoms with Crippen LogP contribution in [-0.2, 0) is 10.8 Å². The van der Waals surface area contributed by atoms with Crippen molar-refractivity contribution < 1.29 is 0 Å². The van der Waals surface area contributed by atoms with Crippen LogP contribution in [0.15, 0.2) is 218 Å². The van der Waals surface area contributed by atoms with E-state index in [4.69, 9.17) is 0 Å². The molecule has 2 nitrogen and oxygen atoms in total. The number of rotatable bonds is 22. The molecule has 466 valence electrons. The number of para-hydroxylation sites is 4. The van der Waals surface area contributed by atoms with Crippen LogP contribution < -0.4 is 0 Å². The summed E-state index contributed by atoms with van der Waals surface area (Å²) in [6, 6.07) is 82.9. The van der Waals surface area contributed by atoms with E-state index in [1.54, 1.807) is 0 Å². The fourth-order valence-corrected chi connectivity index (χ4v) is 17.2. The number of hydrogen-bond acceptors (Lipinski definition) is 0. The zero-order valence-corrected chi connectivity index (χ0v) is 55.8. The topological polar surface area (TPSA) is 9.86 Å². The van der Waals surface area contributed by atoms with Crippen LogP contribution in [0.1, 0.15) is 201 Å². The van der Waals surface area contributed by atoms with E-state index in [2.05, 4.69) is 279 Å². The molecule has 0 saturated carbocycles. The molecule has 0 N–H and O–H groups in total. The summed E-state index contributed by atoms with van der Waals surface area (Å²) in [6.45, 7) is 9.34. The van der Waals surface area contributed by atoms with Crippen molar-refractivity contribution in [1.82, 2.24) is 9.13 Å². The SMILES string of the molecule is CCCCCCC1(CCCCCC)c2cc(C#Cc3c4ccccc4c(C#Cc4ccc5c(c4)C(CCCCCC)(CCCCCC)c4cc(-n6c7ccccc7c7ccccc76)ccc4-5)c4ccccc34)ccc2-c2ccc(-n3c4ccccc4c4ccccc43)cc21. The molecule has 0 radical (unpaired) electrons. The van der Waals surface area contributed by atoms with E-state index < -0.39 is 0 Å². The first-order valence-electron chi connectivity index (χ1n) is 36.0. The van der Waals surface area contributed by atoms with Crippen molar-refractivity contribution in [3.05, 3.63) is 263 Å². The molecule has 0 aliphatic heterocycles. The molecule has 15 rings (SSSR count). The molecular weight excluding hydrogens is 1130 g/mol. The zero-order valence-electron chi connectivity index (χ0n) is 55.8. The van der Waals surface area contributed by atoms with Crippen molar-refractivity contribution in [2.24, 2.45) is 0 Å². The molecule has 0 bridgehead atoms. The molecule has 2 aliphatic carbocycles. The predicted octanol–water partition coefficient (Wildman–Crippen LogP) is 25.4. The van der Waals surface area contributed by atoms with Gasteiger partial charge in [0.15, 0.2) is 0 Å². The third-order valence-electron chi connectivity index (χ3n) is 21.8. The quantitative estimate of drug-likeness (QED) is 0.0364. The molecule has 0 unspecified atom stereocenters. The fourth-order valence-electron chi connectivity index (χ4n) is 17.2. The van der Waals surface area contributed by atoms with Crippen LogP contribution in [0.2, 0.25) is 0 Å². The highest BCUT2D eigenvalue weighted by molar-refractivity contribution is 6.12. The van der Waals surface area contributed by atoms with E-state index in [1.165, 1.54) is 202 Å². The summed E-state index contributed by atoms with van der Waals surface area (Å²) in [7, 11) is 0. The molecule has 2 heterocycles. The summed E-state index contributed by atoms with van der Waals surface area (Å²) in [5.74, 6) is 15.5. The number of fused-ring (bicyclic) bond motifs is 14. The monoisotopic (exact) mass is 1220 g/mol. The molecule has 2 aliphatic rings. The van der Waals surface area contributed by atoms with E-state index in [-0.39, 0.29) is 10.8 Å². The van der Waals surface area contributed by atoms with Crippen molar-refractivity contribution in [3.63, 3.8) is 0 Å². The maximum Gasteiger partial charge on any atom is 0.0541 e. The lowest BCUT2D eigenvalue weighted by Crippen LogP contribution is -2.26. The van der Waals surface area contributed by atoms with Crippen molar-refractivity contribution in [1.29, 1.82) is 0 Å². The minimum Gasteiger partial charge on any atom is -0.309 e. The van der Waals surface area contributed by atoms with Gasteiger partial charge in [-0.05, 0) is 165 Å². The Morgan fingerprint density at radius 1 is 0.255 bits per heavy atom. The van der Waals surface area contributed by atoms with Crippen LogP contribution in [0, 0.1) is 23.7 Å². The molecule has 0 amide bonds. The van der Waals surface area contributed by atoms with Crippen molar-refractivity contribution in [2.45, 2.75) is 167 Å². The molecule has 0 saturated heterocycles. The highest BCUT2D eigenvalue weighted by Gasteiger charge is 2.44. The van der Waals surface area contributed by atoms with E-state index in [9.17, 15) is 0 Å². The summed E-state index contributed by atoms with van der Waals surface area (Å²) in [6.07, 6.45) is 24.3. The van der Waals surface area contributed by atoms with Crippen LogP contribution >= 0.6 is 0 Å². The van der Waals surface area contributed by atoms with Crippen LogP contribution in [-0.4, -0.2) is 9.13 Å². The first-order valence-corrected chi connectivity index (χ1v) is 36.0. The minimum atomic E-state index is -0.121. The van der Waals surface area contributed by atoms with Crippen LogP contribution in [0.3, 0.4) is 0 Å². The molecule has 13 aromatic rings. The normalized spacial score (nSPS) is 13.3. The predicted molar refractivity (Wildman–Crippen MR) is 402 cm³/mol. The number of nitrogens with zero attached hydrogens (tertiary/aromatic N) is 2. The van der Waals surface area contributed by atoms with Crippen molar-refractivity contribution >= 4 is 65.2 Å². The lowest BCUT2D eigenvalue weighted by Gasteiger charge is -2.33. The summed E-state index contributed by atoms with van der Waals surface area (Å²) in [4.78, 5) is 0. The van der Waals surface area contributed by atoms with Gasteiger partial charge in [-0.25, -0.2) is 0 Å². The largest absolute Gasteiger partial charge is 0.309 e. The maximum atomic E-state index is 3.89. The van der Waals surface area contributed by atoms with Gasteiger partial charge < -0.3 is 9.13 Å². The molecule has 0 spiro atoms. The third kappa shape index (κ3) is 10.7. The maximum absolute atomic E-state index is 3.89. The minimum absolute atomic E-state index is 0.121. The molecule has 0 atom stereocenters. The first kappa shape index (κ1) is 60.9. The van der Waals surface area contributed by atoms with Crippen molar-refractivity contribution in [3.8, 4) is 57.3 Å². The Bertz CT molecular complexity index is 4620. The first-order chi connectivity index (χ1) is 46.5.